The molecule has 1 atom stereocenters. The molecule has 2 aromatic carbocycles. The van der Waals surface area contributed by atoms with Gasteiger partial charge in [-0.15, -0.1) is 11.8 Å². The molecule has 1 N–H and O–H groups in total. The fourth-order valence-electron chi connectivity index (χ4n) is 2.95. The van der Waals surface area contributed by atoms with E-state index in [0.29, 0.717) is 18.1 Å². The van der Waals surface area contributed by atoms with Gasteiger partial charge in [0.2, 0.25) is 11.8 Å². The summed E-state index contributed by atoms with van der Waals surface area (Å²) in [5.74, 6) is 1.60. The molecule has 0 saturated heterocycles. The number of ether oxygens (including phenoxy) is 1. The van der Waals surface area contributed by atoms with Crippen LogP contribution in [0.5, 0.6) is 5.75 Å². The normalized spacial score (nSPS) is 12.2. The van der Waals surface area contributed by atoms with Crippen LogP contribution in [0.3, 0.4) is 0 Å². The van der Waals surface area contributed by atoms with E-state index in [9.17, 15) is 9.59 Å². The van der Waals surface area contributed by atoms with Gasteiger partial charge < -0.3 is 15.0 Å². The van der Waals surface area contributed by atoms with E-state index in [1.807, 2.05) is 69.3 Å². The topological polar surface area (TPSA) is 58.6 Å². The predicted octanol–water partition coefficient (Wildman–Crippen LogP) is 5.02. The molecule has 0 bridgehead atoms. The predicted molar refractivity (Wildman–Crippen MR) is 131 cm³/mol. The first-order chi connectivity index (χ1) is 14.6. The molecule has 0 fully saturated rings. The molecule has 5 nitrogen and oxygen atoms in total. The Bertz CT molecular complexity index is 881. The number of carbonyl (C=O) groups is 2. The molecule has 7 heteroatoms. The van der Waals surface area contributed by atoms with Gasteiger partial charge in [0, 0.05) is 22.3 Å². The van der Waals surface area contributed by atoms with Crippen LogP contribution in [0, 0.1) is 0 Å². The number of methoxy groups -OCH3 is 1. The summed E-state index contributed by atoms with van der Waals surface area (Å²) in [7, 11) is 1.64. The Morgan fingerprint density at radius 1 is 1.13 bits per heavy atom. The summed E-state index contributed by atoms with van der Waals surface area (Å²) >= 11 is 5.02. The molecule has 2 rings (SSSR count). The van der Waals surface area contributed by atoms with Crippen molar-refractivity contribution in [2.45, 2.75) is 51.6 Å². The molecule has 2 amide bonds. The molecule has 0 aliphatic heterocycles. The van der Waals surface area contributed by atoms with Crippen LogP contribution in [0.25, 0.3) is 0 Å². The van der Waals surface area contributed by atoms with Gasteiger partial charge in [-0.2, -0.15) is 0 Å². The smallest absolute Gasteiger partial charge is 0.242 e. The summed E-state index contributed by atoms with van der Waals surface area (Å²) in [5.41, 5.74) is 1.73. The van der Waals surface area contributed by atoms with Gasteiger partial charge in [0.25, 0.3) is 0 Å². The molecule has 0 aromatic heterocycles. The van der Waals surface area contributed by atoms with Crippen molar-refractivity contribution in [1.29, 1.82) is 0 Å². The molecule has 0 saturated carbocycles. The number of hydrogen-bond acceptors (Lipinski definition) is 4. The SMILES string of the molecule is COc1ccc(CSCC(=O)N(Cc2cccc(Br)c2)[C@@H](C)C(=O)NC(C)(C)C)cc1. The van der Waals surface area contributed by atoms with Gasteiger partial charge in [-0.25, -0.2) is 0 Å². The van der Waals surface area contributed by atoms with Crippen LogP contribution in [0.15, 0.2) is 53.0 Å². The van der Waals surface area contributed by atoms with Crippen LogP contribution in [0.2, 0.25) is 0 Å². The first kappa shape index (κ1) is 25.3. The zero-order chi connectivity index (χ0) is 23.0. The lowest BCUT2D eigenvalue weighted by Gasteiger charge is -2.31. The third-order valence-electron chi connectivity index (χ3n) is 4.56. The number of nitrogens with zero attached hydrogens (tertiary/aromatic N) is 1. The monoisotopic (exact) mass is 506 g/mol. The van der Waals surface area contributed by atoms with Crippen LogP contribution in [0.4, 0.5) is 0 Å². The first-order valence-electron chi connectivity index (χ1n) is 10.2. The molecule has 31 heavy (non-hydrogen) atoms. The Labute approximate surface area is 198 Å². The standard InChI is InChI=1S/C24H31BrN2O3S/c1-17(23(29)26-24(2,3)4)27(14-19-7-6-8-20(25)13-19)22(28)16-31-15-18-9-11-21(30-5)12-10-18/h6-13,17H,14-16H2,1-5H3,(H,26,29)/t17-/m0/s1. The van der Waals surface area contributed by atoms with Crippen molar-refractivity contribution < 1.29 is 14.3 Å². The second kappa shape index (κ2) is 11.6. The number of rotatable bonds is 9. The van der Waals surface area contributed by atoms with Crippen molar-refractivity contribution in [3.8, 4) is 5.75 Å². The summed E-state index contributed by atoms with van der Waals surface area (Å²) in [6.45, 7) is 7.96. The third-order valence-corrected chi connectivity index (χ3v) is 6.04. The van der Waals surface area contributed by atoms with E-state index < -0.39 is 6.04 Å². The van der Waals surface area contributed by atoms with Crippen molar-refractivity contribution in [3.05, 3.63) is 64.1 Å². The second-order valence-corrected chi connectivity index (χ2v) is 10.3. The number of benzene rings is 2. The van der Waals surface area contributed by atoms with Gasteiger partial charge in [-0.1, -0.05) is 40.2 Å². The lowest BCUT2D eigenvalue weighted by molar-refractivity contribution is -0.139. The molecule has 0 heterocycles. The first-order valence-corrected chi connectivity index (χ1v) is 12.1. The van der Waals surface area contributed by atoms with Crippen molar-refractivity contribution in [1.82, 2.24) is 10.2 Å². The summed E-state index contributed by atoms with van der Waals surface area (Å²) in [5, 5.41) is 2.98. The maximum Gasteiger partial charge on any atom is 0.242 e. The van der Waals surface area contributed by atoms with Gasteiger partial charge in [0.15, 0.2) is 0 Å². The zero-order valence-electron chi connectivity index (χ0n) is 18.8. The summed E-state index contributed by atoms with van der Waals surface area (Å²) in [6.07, 6.45) is 0. The van der Waals surface area contributed by atoms with E-state index in [-0.39, 0.29) is 17.4 Å². The highest BCUT2D eigenvalue weighted by molar-refractivity contribution is 9.10. The number of nitrogens with one attached hydrogen (secondary N) is 1. The van der Waals surface area contributed by atoms with Crippen LogP contribution in [-0.2, 0) is 21.9 Å². The zero-order valence-corrected chi connectivity index (χ0v) is 21.2. The minimum Gasteiger partial charge on any atom is -0.497 e. The Hall–Kier alpha value is -1.99. The molecule has 168 valence electrons. The summed E-state index contributed by atoms with van der Waals surface area (Å²) in [6, 6.07) is 15.0. The lowest BCUT2D eigenvalue weighted by Crippen LogP contribution is -2.52. The van der Waals surface area contributed by atoms with E-state index in [4.69, 9.17) is 4.74 Å². The maximum atomic E-state index is 13.1. The van der Waals surface area contributed by atoms with Gasteiger partial charge in [-0.3, -0.25) is 9.59 Å². The molecular formula is C24H31BrN2O3S. The van der Waals surface area contributed by atoms with Crippen molar-refractivity contribution in [2.75, 3.05) is 12.9 Å². The second-order valence-electron chi connectivity index (χ2n) is 8.41. The fraction of sp³-hybridized carbons (Fsp3) is 0.417. The highest BCUT2D eigenvalue weighted by Crippen LogP contribution is 2.20. The fourth-order valence-corrected chi connectivity index (χ4v) is 4.27. The average Bonchev–Trinajstić information content (AvgIpc) is 2.70. The van der Waals surface area contributed by atoms with E-state index in [2.05, 4.69) is 21.2 Å². The quantitative estimate of drug-likeness (QED) is 0.518. The molecule has 0 unspecified atom stereocenters. The minimum atomic E-state index is -0.577. The maximum absolute atomic E-state index is 13.1. The van der Waals surface area contributed by atoms with Crippen molar-refractivity contribution in [3.63, 3.8) is 0 Å². The number of halogens is 1. The van der Waals surface area contributed by atoms with Gasteiger partial charge in [0.1, 0.15) is 11.8 Å². The Kier molecular flexibility index (Phi) is 9.44. The minimum absolute atomic E-state index is 0.0601. The number of thioether (sulfide) groups is 1. The van der Waals surface area contributed by atoms with Gasteiger partial charge in [-0.05, 0) is 63.1 Å². The molecular weight excluding hydrogens is 476 g/mol. The van der Waals surface area contributed by atoms with Crippen LogP contribution >= 0.6 is 27.7 Å². The van der Waals surface area contributed by atoms with Gasteiger partial charge >= 0.3 is 0 Å². The third kappa shape index (κ3) is 8.57. The highest BCUT2D eigenvalue weighted by Gasteiger charge is 2.28. The van der Waals surface area contributed by atoms with Crippen LogP contribution in [0.1, 0.15) is 38.8 Å². The number of hydrogen-bond donors (Lipinski definition) is 1. The van der Waals surface area contributed by atoms with Crippen molar-refractivity contribution in [2.24, 2.45) is 0 Å². The molecule has 0 spiro atoms. The van der Waals surface area contributed by atoms with E-state index in [1.165, 1.54) is 11.8 Å². The summed E-state index contributed by atoms with van der Waals surface area (Å²) in [4.78, 5) is 27.6. The summed E-state index contributed by atoms with van der Waals surface area (Å²) < 4.78 is 6.13. The van der Waals surface area contributed by atoms with E-state index in [0.717, 1.165) is 21.3 Å². The van der Waals surface area contributed by atoms with Crippen LogP contribution in [-0.4, -0.2) is 41.2 Å². The number of amides is 2. The van der Waals surface area contributed by atoms with Crippen LogP contribution < -0.4 is 10.1 Å². The Morgan fingerprint density at radius 3 is 2.39 bits per heavy atom. The van der Waals surface area contributed by atoms with Crippen molar-refractivity contribution >= 4 is 39.5 Å². The lowest BCUT2D eigenvalue weighted by atomic mass is 10.1. The highest BCUT2D eigenvalue weighted by atomic mass is 79.9. The Balaban J connectivity index is 2.07. The largest absolute Gasteiger partial charge is 0.497 e. The molecule has 2 aromatic rings. The van der Waals surface area contributed by atoms with Gasteiger partial charge in [0.05, 0.1) is 12.9 Å². The molecule has 0 aliphatic rings. The number of carbonyl (C=O) groups excluding carboxylic acids is 2. The van der Waals surface area contributed by atoms with E-state index >= 15 is 0 Å². The average molecular weight is 507 g/mol. The Morgan fingerprint density at radius 2 is 1.81 bits per heavy atom. The molecule has 0 radical (unpaired) electrons. The van der Waals surface area contributed by atoms with E-state index in [1.54, 1.807) is 18.9 Å². The molecule has 0 aliphatic carbocycles.